The van der Waals surface area contributed by atoms with Gasteiger partial charge in [0.1, 0.15) is 0 Å². The molecule has 3 nitrogen and oxygen atoms in total. The van der Waals surface area contributed by atoms with Crippen molar-refractivity contribution in [2.45, 2.75) is 12.5 Å². The second-order valence-electron chi connectivity index (χ2n) is 3.63. The van der Waals surface area contributed by atoms with E-state index in [1.807, 2.05) is 30.3 Å². The highest BCUT2D eigenvalue weighted by Crippen LogP contribution is 2.02. The summed E-state index contributed by atoms with van der Waals surface area (Å²) >= 11 is 3.20. The first-order valence-corrected chi connectivity index (χ1v) is 6.56. The minimum atomic E-state index is -0.245. The molecule has 0 aliphatic carbocycles. The summed E-state index contributed by atoms with van der Waals surface area (Å²) in [6.07, 6.45) is 3.81. The summed E-state index contributed by atoms with van der Waals surface area (Å²) in [5.41, 5.74) is 1.09. The fraction of sp³-hybridized carbons (Fsp3) is 0.308. The molecule has 92 valence electrons. The zero-order valence-electron chi connectivity index (χ0n) is 9.47. The van der Waals surface area contributed by atoms with Crippen LogP contribution in [0.1, 0.15) is 5.56 Å². The Bertz CT molecular complexity index is 365. The van der Waals surface area contributed by atoms with Crippen molar-refractivity contribution in [1.29, 1.82) is 0 Å². The molecule has 1 aromatic rings. The Kier molecular flexibility index (Phi) is 6.58. The van der Waals surface area contributed by atoms with Crippen LogP contribution in [0.25, 0.3) is 0 Å². The third-order valence-electron chi connectivity index (χ3n) is 2.25. The molecule has 1 rings (SSSR count). The van der Waals surface area contributed by atoms with E-state index in [-0.39, 0.29) is 18.6 Å². The number of allylic oxidation sites excluding steroid dienone is 1. The molecule has 0 saturated heterocycles. The van der Waals surface area contributed by atoms with Crippen LogP contribution in [0.5, 0.6) is 0 Å². The van der Waals surface area contributed by atoms with Gasteiger partial charge >= 0.3 is 0 Å². The van der Waals surface area contributed by atoms with Crippen LogP contribution in [0.2, 0.25) is 0 Å². The van der Waals surface area contributed by atoms with Gasteiger partial charge in [-0.05, 0) is 18.1 Å². The van der Waals surface area contributed by atoms with Crippen LogP contribution in [0.3, 0.4) is 0 Å². The number of carbonyl (C=O) groups is 1. The first kappa shape index (κ1) is 13.9. The monoisotopic (exact) mass is 297 g/mol. The van der Waals surface area contributed by atoms with Crippen molar-refractivity contribution in [2.75, 3.05) is 11.9 Å². The molecule has 1 aromatic carbocycles. The van der Waals surface area contributed by atoms with E-state index in [1.165, 1.54) is 6.08 Å². The van der Waals surface area contributed by atoms with Crippen molar-refractivity contribution in [3.05, 3.63) is 48.0 Å². The fourth-order valence-electron chi connectivity index (χ4n) is 1.46. The molecule has 17 heavy (non-hydrogen) atoms. The Morgan fingerprint density at radius 2 is 2.12 bits per heavy atom. The summed E-state index contributed by atoms with van der Waals surface area (Å²) in [5, 5.41) is 12.6. The zero-order valence-corrected chi connectivity index (χ0v) is 11.1. The van der Waals surface area contributed by atoms with Gasteiger partial charge in [-0.15, -0.1) is 0 Å². The maximum Gasteiger partial charge on any atom is 0.243 e. The van der Waals surface area contributed by atoms with Crippen molar-refractivity contribution in [2.24, 2.45) is 0 Å². The molecule has 0 saturated carbocycles. The molecule has 0 bridgehead atoms. The predicted octanol–water partition coefficient (Wildman–Crippen LogP) is 1.66. The van der Waals surface area contributed by atoms with Gasteiger partial charge < -0.3 is 10.4 Å². The van der Waals surface area contributed by atoms with Crippen LogP contribution in [-0.2, 0) is 11.2 Å². The molecule has 1 amide bonds. The van der Waals surface area contributed by atoms with Crippen LogP contribution in [0.15, 0.2) is 42.5 Å². The highest BCUT2D eigenvalue weighted by Gasteiger charge is 2.09. The Labute approximate surface area is 110 Å². The van der Waals surface area contributed by atoms with Crippen molar-refractivity contribution in [1.82, 2.24) is 5.32 Å². The maximum absolute atomic E-state index is 11.4. The molecule has 0 spiro atoms. The van der Waals surface area contributed by atoms with E-state index in [2.05, 4.69) is 21.2 Å². The van der Waals surface area contributed by atoms with Crippen molar-refractivity contribution in [3.8, 4) is 0 Å². The van der Waals surface area contributed by atoms with Crippen LogP contribution < -0.4 is 5.32 Å². The van der Waals surface area contributed by atoms with E-state index in [0.717, 1.165) is 5.56 Å². The van der Waals surface area contributed by atoms with Gasteiger partial charge in [-0.1, -0.05) is 52.3 Å². The molecule has 4 heteroatoms. The summed E-state index contributed by atoms with van der Waals surface area (Å²) in [6, 6.07) is 9.53. The molecule has 0 aliphatic rings. The summed E-state index contributed by atoms with van der Waals surface area (Å²) in [6.45, 7) is -0.0667. The van der Waals surface area contributed by atoms with Crippen molar-refractivity contribution in [3.63, 3.8) is 0 Å². The maximum atomic E-state index is 11.4. The lowest BCUT2D eigenvalue weighted by molar-refractivity contribution is -0.117. The Hall–Kier alpha value is -1.13. The van der Waals surface area contributed by atoms with Gasteiger partial charge in [0.15, 0.2) is 0 Å². The SMILES string of the molecule is O=C(/C=C/CBr)N[C@H](CO)Cc1ccccc1. The predicted molar refractivity (Wildman–Crippen MR) is 72.1 cm³/mol. The van der Waals surface area contributed by atoms with Gasteiger partial charge in [-0.3, -0.25) is 4.79 Å². The number of amides is 1. The fourth-order valence-corrected chi connectivity index (χ4v) is 1.65. The molecule has 2 N–H and O–H groups in total. The summed E-state index contributed by atoms with van der Waals surface area (Å²) < 4.78 is 0. The Morgan fingerprint density at radius 1 is 1.41 bits per heavy atom. The van der Waals surface area contributed by atoms with Gasteiger partial charge in [0.25, 0.3) is 0 Å². The molecule has 0 heterocycles. The second-order valence-corrected chi connectivity index (χ2v) is 4.28. The number of nitrogens with one attached hydrogen (secondary N) is 1. The Morgan fingerprint density at radius 3 is 2.71 bits per heavy atom. The average molecular weight is 298 g/mol. The highest BCUT2D eigenvalue weighted by atomic mass is 79.9. The van der Waals surface area contributed by atoms with Gasteiger partial charge in [0, 0.05) is 5.33 Å². The summed E-state index contributed by atoms with van der Waals surface area (Å²) in [5.74, 6) is -0.181. The normalized spacial score (nSPS) is 12.6. The molecular weight excluding hydrogens is 282 g/mol. The van der Waals surface area contributed by atoms with E-state index in [4.69, 9.17) is 0 Å². The number of carbonyl (C=O) groups excluding carboxylic acids is 1. The van der Waals surface area contributed by atoms with Crippen LogP contribution in [0, 0.1) is 0 Å². The molecule has 0 unspecified atom stereocenters. The van der Waals surface area contributed by atoms with E-state index in [9.17, 15) is 9.90 Å². The summed E-state index contributed by atoms with van der Waals surface area (Å²) in [7, 11) is 0. The summed E-state index contributed by atoms with van der Waals surface area (Å²) in [4.78, 5) is 11.4. The molecular formula is C13H16BrNO2. The van der Waals surface area contributed by atoms with E-state index in [0.29, 0.717) is 11.8 Å². The number of rotatable bonds is 6. The van der Waals surface area contributed by atoms with Crippen LogP contribution in [-0.4, -0.2) is 29.0 Å². The van der Waals surface area contributed by atoms with E-state index >= 15 is 0 Å². The van der Waals surface area contributed by atoms with Gasteiger partial charge in [-0.2, -0.15) is 0 Å². The van der Waals surface area contributed by atoms with Crippen molar-refractivity contribution >= 4 is 21.8 Å². The lowest BCUT2D eigenvalue weighted by atomic mass is 10.1. The minimum Gasteiger partial charge on any atom is -0.394 e. The van der Waals surface area contributed by atoms with Crippen LogP contribution >= 0.6 is 15.9 Å². The van der Waals surface area contributed by atoms with Crippen LogP contribution in [0.4, 0.5) is 0 Å². The first-order chi connectivity index (χ1) is 8.26. The number of halogens is 1. The number of aliphatic hydroxyl groups is 1. The zero-order chi connectivity index (χ0) is 12.5. The lowest BCUT2D eigenvalue weighted by Crippen LogP contribution is -2.38. The third-order valence-corrected chi connectivity index (χ3v) is 2.62. The number of benzene rings is 1. The quantitative estimate of drug-likeness (QED) is 0.620. The van der Waals surface area contributed by atoms with E-state index < -0.39 is 0 Å². The number of hydrogen-bond acceptors (Lipinski definition) is 2. The minimum absolute atomic E-state index is 0.0667. The standard InChI is InChI=1S/C13H16BrNO2/c14-8-4-7-13(17)15-12(10-16)9-11-5-2-1-3-6-11/h1-7,12,16H,8-10H2,(H,15,17)/b7-4+/t12-/m0/s1. The molecule has 0 fully saturated rings. The molecule has 0 aliphatic heterocycles. The lowest BCUT2D eigenvalue weighted by Gasteiger charge is -2.15. The van der Waals surface area contributed by atoms with Gasteiger partial charge in [0.05, 0.1) is 12.6 Å². The number of aliphatic hydroxyl groups excluding tert-OH is 1. The largest absolute Gasteiger partial charge is 0.394 e. The highest BCUT2D eigenvalue weighted by molar-refractivity contribution is 9.09. The van der Waals surface area contributed by atoms with Gasteiger partial charge in [0.2, 0.25) is 5.91 Å². The third kappa shape index (κ3) is 5.65. The molecule has 1 atom stereocenters. The molecule has 0 radical (unpaired) electrons. The van der Waals surface area contributed by atoms with E-state index in [1.54, 1.807) is 6.08 Å². The molecule has 0 aromatic heterocycles. The second kappa shape index (κ2) is 8.03. The van der Waals surface area contributed by atoms with Crippen molar-refractivity contribution < 1.29 is 9.90 Å². The number of alkyl halides is 1. The smallest absolute Gasteiger partial charge is 0.243 e. The first-order valence-electron chi connectivity index (χ1n) is 5.44. The topological polar surface area (TPSA) is 49.3 Å². The Balaban J connectivity index is 2.49. The van der Waals surface area contributed by atoms with Gasteiger partial charge in [-0.25, -0.2) is 0 Å². The average Bonchev–Trinajstić information content (AvgIpc) is 2.36. The number of hydrogen-bond donors (Lipinski definition) is 2.